The minimum Gasteiger partial charge on any atom is -0.322 e. The van der Waals surface area contributed by atoms with Crippen LogP contribution in [0.5, 0.6) is 0 Å². The van der Waals surface area contributed by atoms with E-state index in [4.69, 9.17) is 11.6 Å². The van der Waals surface area contributed by atoms with Gasteiger partial charge in [0.15, 0.2) is 0 Å². The van der Waals surface area contributed by atoms with Crippen molar-refractivity contribution in [2.24, 2.45) is 0 Å². The van der Waals surface area contributed by atoms with Crippen LogP contribution in [0, 0.1) is 13.8 Å². The first-order valence-electron chi connectivity index (χ1n) is 7.80. The van der Waals surface area contributed by atoms with E-state index in [-0.39, 0.29) is 21.5 Å². The third-order valence-electron chi connectivity index (χ3n) is 3.51. The van der Waals surface area contributed by atoms with Crippen LogP contribution in [0.15, 0.2) is 41.3 Å². The maximum atomic E-state index is 12.6. The van der Waals surface area contributed by atoms with Crippen molar-refractivity contribution in [3.63, 3.8) is 0 Å². The molecule has 0 spiro atoms. The van der Waals surface area contributed by atoms with Gasteiger partial charge in [-0.05, 0) is 57.5 Å². The van der Waals surface area contributed by atoms with E-state index in [1.807, 2.05) is 26.0 Å². The molecule has 0 aliphatic rings. The number of amides is 1. The number of hydrogen-bond acceptors (Lipinski definition) is 3. The lowest BCUT2D eigenvalue weighted by Crippen LogP contribution is -2.30. The van der Waals surface area contributed by atoms with Crippen LogP contribution in [0.2, 0.25) is 5.02 Å². The molecule has 0 aliphatic heterocycles. The fourth-order valence-electron chi connectivity index (χ4n) is 2.37. The molecule has 0 aliphatic carbocycles. The van der Waals surface area contributed by atoms with Crippen molar-refractivity contribution in [2.45, 2.75) is 38.6 Å². The molecule has 0 bridgehead atoms. The molecule has 1 amide bonds. The normalized spacial score (nSPS) is 11.6. The standard InChI is InChI=1S/C18H21ClN2O3S/c1-11(2)21-25(23,24)14-6-7-16(19)15(10-14)18(22)20-17-8-5-12(3)9-13(17)4/h5-11,21H,1-4H3,(H,20,22). The van der Waals surface area contributed by atoms with E-state index in [1.165, 1.54) is 18.2 Å². The summed E-state index contributed by atoms with van der Waals surface area (Å²) >= 11 is 6.10. The lowest BCUT2D eigenvalue weighted by Gasteiger charge is -2.13. The van der Waals surface area contributed by atoms with Gasteiger partial charge in [-0.2, -0.15) is 0 Å². The Morgan fingerprint density at radius 3 is 2.36 bits per heavy atom. The van der Waals surface area contributed by atoms with Crippen LogP contribution in [0.3, 0.4) is 0 Å². The van der Waals surface area contributed by atoms with Crippen molar-refractivity contribution in [1.29, 1.82) is 0 Å². The summed E-state index contributed by atoms with van der Waals surface area (Å²) in [4.78, 5) is 12.6. The van der Waals surface area contributed by atoms with Gasteiger partial charge in [-0.25, -0.2) is 13.1 Å². The Morgan fingerprint density at radius 1 is 1.08 bits per heavy atom. The quantitative estimate of drug-likeness (QED) is 0.826. The minimum atomic E-state index is -3.71. The van der Waals surface area contributed by atoms with Crippen LogP contribution < -0.4 is 10.0 Å². The highest BCUT2D eigenvalue weighted by Crippen LogP contribution is 2.23. The molecule has 0 atom stereocenters. The molecule has 134 valence electrons. The van der Waals surface area contributed by atoms with E-state index in [2.05, 4.69) is 10.0 Å². The average Bonchev–Trinajstić information content (AvgIpc) is 2.49. The third-order valence-corrected chi connectivity index (χ3v) is 5.50. The number of rotatable bonds is 5. The van der Waals surface area contributed by atoms with Crippen LogP contribution in [0.25, 0.3) is 0 Å². The number of benzene rings is 2. The van der Waals surface area contributed by atoms with Crippen LogP contribution >= 0.6 is 11.6 Å². The highest BCUT2D eigenvalue weighted by Gasteiger charge is 2.20. The second-order valence-corrected chi connectivity index (χ2v) is 8.31. The van der Waals surface area contributed by atoms with Gasteiger partial charge in [0, 0.05) is 11.7 Å². The number of halogens is 1. The van der Waals surface area contributed by atoms with Crippen molar-refractivity contribution in [3.8, 4) is 0 Å². The summed E-state index contributed by atoms with van der Waals surface area (Å²) in [6.07, 6.45) is 0. The number of anilines is 1. The predicted molar refractivity (Wildman–Crippen MR) is 101 cm³/mol. The molecule has 2 aromatic rings. The van der Waals surface area contributed by atoms with Gasteiger partial charge in [-0.3, -0.25) is 4.79 Å². The van der Waals surface area contributed by atoms with Gasteiger partial charge in [0.25, 0.3) is 5.91 Å². The average molecular weight is 381 g/mol. The lowest BCUT2D eigenvalue weighted by atomic mass is 10.1. The summed E-state index contributed by atoms with van der Waals surface area (Å²) < 4.78 is 27.1. The van der Waals surface area contributed by atoms with Crippen LogP contribution in [-0.2, 0) is 10.0 Å². The summed E-state index contributed by atoms with van der Waals surface area (Å²) in [7, 11) is -3.71. The van der Waals surface area contributed by atoms with Crippen molar-refractivity contribution in [1.82, 2.24) is 4.72 Å². The molecule has 25 heavy (non-hydrogen) atoms. The SMILES string of the molecule is Cc1ccc(NC(=O)c2cc(S(=O)(=O)NC(C)C)ccc2Cl)c(C)c1. The zero-order valence-electron chi connectivity index (χ0n) is 14.6. The second-order valence-electron chi connectivity index (χ2n) is 6.19. The Bertz CT molecular complexity index is 909. The number of aryl methyl sites for hydroxylation is 2. The highest BCUT2D eigenvalue weighted by atomic mass is 35.5. The van der Waals surface area contributed by atoms with E-state index in [0.29, 0.717) is 5.69 Å². The summed E-state index contributed by atoms with van der Waals surface area (Å²) in [5.41, 5.74) is 2.75. The smallest absolute Gasteiger partial charge is 0.257 e. The summed E-state index contributed by atoms with van der Waals surface area (Å²) in [5.74, 6) is -0.460. The van der Waals surface area contributed by atoms with Gasteiger partial charge in [-0.1, -0.05) is 29.3 Å². The first-order chi connectivity index (χ1) is 11.6. The summed E-state index contributed by atoms with van der Waals surface area (Å²) in [6.45, 7) is 7.30. The van der Waals surface area contributed by atoms with E-state index in [0.717, 1.165) is 11.1 Å². The topological polar surface area (TPSA) is 75.3 Å². The van der Waals surface area contributed by atoms with Crippen LogP contribution in [0.1, 0.15) is 35.3 Å². The monoisotopic (exact) mass is 380 g/mol. The Labute approximate surface area is 153 Å². The maximum absolute atomic E-state index is 12.6. The Kier molecular flexibility index (Phi) is 5.87. The first kappa shape index (κ1) is 19.4. The number of nitrogens with one attached hydrogen (secondary N) is 2. The van der Waals surface area contributed by atoms with E-state index in [9.17, 15) is 13.2 Å². The molecule has 2 aromatic carbocycles. The van der Waals surface area contributed by atoms with Crippen LogP contribution in [0.4, 0.5) is 5.69 Å². The summed E-state index contributed by atoms with van der Waals surface area (Å²) in [5, 5.41) is 2.96. The number of sulfonamides is 1. The van der Waals surface area contributed by atoms with E-state index >= 15 is 0 Å². The molecule has 0 radical (unpaired) electrons. The third kappa shape index (κ3) is 4.81. The van der Waals surface area contributed by atoms with Crippen molar-refractivity contribution in [2.75, 3.05) is 5.32 Å². The molecule has 2 N–H and O–H groups in total. The molecule has 5 nitrogen and oxygen atoms in total. The lowest BCUT2D eigenvalue weighted by molar-refractivity contribution is 0.102. The highest BCUT2D eigenvalue weighted by molar-refractivity contribution is 7.89. The molecule has 7 heteroatoms. The first-order valence-corrected chi connectivity index (χ1v) is 9.67. The zero-order chi connectivity index (χ0) is 18.8. The molecular formula is C18H21ClN2O3S. The van der Waals surface area contributed by atoms with Crippen molar-refractivity contribution in [3.05, 3.63) is 58.1 Å². The Balaban J connectivity index is 2.35. The van der Waals surface area contributed by atoms with E-state index in [1.54, 1.807) is 19.9 Å². The molecular weight excluding hydrogens is 360 g/mol. The Hall–Kier alpha value is -1.89. The molecule has 0 unspecified atom stereocenters. The molecule has 0 heterocycles. The van der Waals surface area contributed by atoms with Crippen molar-refractivity contribution >= 4 is 33.2 Å². The fraction of sp³-hybridized carbons (Fsp3) is 0.278. The molecule has 2 rings (SSSR count). The largest absolute Gasteiger partial charge is 0.322 e. The molecule has 0 saturated carbocycles. The summed E-state index contributed by atoms with van der Waals surface area (Å²) in [6, 6.07) is 9.45. The zero-order valence-corrected chi connectivity index (χ0v) is 16.1. The Morgan fingerprint density at radius 2 is 1.76 bits per heavy atom. The van der Waals surface area contributed by atoms with Crippen LogP contribution in [-0.4, -0.2) is 20.4 Å². The number of carbonyl (C=O) groups excluding carboxylic acids is 1. The van der Waals surface area contributed by atoms with Crippen molar-refractivity contribution < 1.29 is 13.2 Å². The maximum Gasteiger partial charge on any atom is 0.257 e. The minimum absolute atomic E-state index is 0.00335. The van der Waals surface area contributed by atoms with Gasteiger partial charge in [-0.15, -0.1) is 0 Å². The van der Waals surface area contributed by atoms with Gasteiger partial charge < -0.3 is 5.32 Å². The van der Waals surface area contributed by atoms with Gasteiger partial charge in [0.1, 0.15) is 0 Å². The predicted octanol–water partition coefficient (Wildman–Crippen LogP) is 3.90. The fourth-order valence-corrected chi connectivity index (χ4v) is 3.85. The second kappa shape index (κ2) is 7.56. The molecule has 0 aromatic heterocycles. The molecule has 0 saturated heterocycles. The number of hydrogen-bond donors (Lipinski definition) is 2. The van der Waals surface area contributed by atoms with Gasteiger partial charge in [0.05, 0.1) is 15.5 Å². The molecule has 0 fully saturated rings. The van der Waals surface area contributed by atoms with E-state index < -0.39 is 15.9 Å². The van der Waals surface area contributed by atoms with Gasteiger partial charge in [0.2, 0.25) is 10.0 Å². The number of carbonyl (C=O) groups is 1. The van der Waals surface area contributed by atoms with Gasteiger partial charge >= 0.3 is 0 Å².